The number of likely N-dealkylation sites (N-methyl/N-ethyl adjacent to an activating group) is 1. The molecule has 0 aliphatic rings. The number of carbonyl (C=O) groups is 1. The molecule has 1 amide bonds. The standard InChI is InChI=1S/C59H115N2O6P/c1-6-8-10-12-14-16-18-19-20-21-22-23-24-25-26-27-28-29-30-31-32-33-34-35-36-37-38-39-40-41-43-45-47-49-51-53-59(63)60-57(56-67-68(64,65)66-55-54-61(3,4)5)58(62)52-50-48-46-44-42-17-15-13-11-9-7-2/h24-25,27-28,50,52,57-58,62H,6-23,26,29-49,51,53-56H2,1-5H3,(H-,60,63,64,65)/p+1/b25-24-,28-27-,52-50+. The number of phosphoric acid groups is 1. The molecule has 0 heterocycles. The summed E-state index contributed by atoms with van der Waals surface area (Å²) in [6.07, 6.45) is 65.6. The number of hydrogen-bond acceptors (Lipinski definition) is 5. The van der Waals surface area contributed by atoms with Gasteiger partial charge in [0, 0.05) is 6.42 Å². The molecule has 0 bridgehead atoms. The van der Waals surface area contributed by atoms with Gasteiger partial charge in [0.2, 0.25) is 5.91 Å². The summed E-state index contributed by atoms with van der Waals surface area (Å²) >= 11 is 0. The minimum atomic E-state index is -4.34. The van der Waals surface area contributed by atoms with Gasteiger partial charge in [-0.05, 0) is 51.4 Å². The lowest BCUT2D eigenvalue weighted by atomic mass is 10.0. The lowest BCUT2D eigenvalue weighted by Crippen LogP contribution is -2.45. The highest BCUT2D eigenvalue weighted by Crippen LogP contribution is 2.43. The van der Waals surface area contributed by atoms with E-state index in [4.69, 9.17) is 9.05 Å². The zero-order valence-electron chi connectivity index (χ0n) is 45.9. The first-order valence-corrected chi connectivity index (χ1v) is 30.9. The quantitative estimate of drug-likeness (QED) is 0.0243. The number of rotatable bonds is 54. The Morgan fingerprint density at radius 2 is 0.838 bits per heavy atom. The van der Waals surface area contributed by atoms with Crippen LogP contribution < -0.4 is 5.32 Å². The molecule has 402 valence electrons. The van der Waals surface area contributed by atoms with E-state index in [-0.39, 0.29) is 19.1 Å². The number of nitrogens with zero attached hydrogens (tertiary/aromatic N) is 1. The maximum absolute atomic E-state index is 12.9. The van der Waals surface area contributed by atoms with E-state index in [0.717, 1.165) is 44.9 Å². The fourth-order valence-corrected chi connectivity index (χ4v) is 9.46. The largest absolute Gasteiger partial charge is 0.472 e. The highest BCUT2D eigenvalue weighted by atomic mass is 31.2. The Bertz CT molecular complexity index is 1200. The number of quaternary nitrogens is 1. The molecule has 0 aromatic rings. The SMILES string of the molecule is CCCCCCCCCCC/C=C/C(O)C(COP(=O)(O)OCC[N+](C)(C)C)NC(=O)CCCCCCCCCCCCCCCCCCC/C=C\C/C=C\CCCCCCCCCCCCC. The Morgan fingerprint density at radius 3 is 1.21 bits per heavy atom. The molecule has 0 saturated heterocycles. The van der Waals surface area contributed by atoms with E-state index in [1.165, 1.54) is 218 Å². The molecule has 3 unspecified atom stereocenters. The van der Waals surface area contributed by atoms with Gasteiger partial charge in [0.1, 0.15) is 13.2 Å². The van der Waals surface area contributed by atoms with Gasteiger partial charge >= 0.3 is 7.82 Å². The van der Waals surface area contributed by atoms with E-state index in [9.17, 15) is 19.4 Å². The van der Waals surface area contributed by atoms with Gasteiger partial charge in [-0.1, -0.05) is 262 Å². The van der Waals surface area contributed by atoms with E-state index >= 15 is 0 Å². The Labute approximate surface area is 423 Å². The highest BCUT2D eigenvalue weighted by Gasteiger charge is 2.27. The van der Waals surface area contributed by atoms with Gasteiger partial charge in [-0.25, -0.2) is 4.57 Å². The summed E-state index contributed by atoms with van der Waals surface area (Å²) in [7, 11) is 1.58. The van der Waals surface area contributed by atoms with Crippen LogP contribution in [0, 0.1) is 0 Å². The zero-order chi connectivity index (χ0) is 49.9. The molecule has 0 spiro atoms. The van der Waals surface area contributed by atoms with Crippen molar-refractivity contribution in [2.75, 3.05) is 40.9 Å². The van der Waals surface area contributed by atoms with Crippen molar-refractivity contribution in [3.63, 3.8) is 0 Å². The monoisotopic (exact) mass is 980 g/mol. The summed E-state index contributed by atoms with van der Waals surface area (Å²) < 4.78 is 23.6. The molecular weight excluding hydrogens is 864 g/mol. The normalized spacial score (nSPS) is 14.2. The lowest BCUT2D eigenvalue weighted by Gasteiger charge is -2.25. The molecule has 0 radical (unpaired) electrons. The zero-order valence-corrected chi connectivity index (χ0v) is 46.8. The average Bonchev–Trinajstić information content (AvgIpc) is 3.30. The highest BCUT2D eigenvalue weighted by molar-refractivity contribution is 7.47. The molecule has 0 fully saturated rings. The van der Waals surface area contributed by atoms with Crippen LogP contribution in [0.25, 0.3) is 0 Å². The van der Waals surface area contributed by atoms with E-state index in [1.54, 1.807) is 6.08 Å². The van der Waals surface area contributed by atoms with Gasteiger partial charge in [-0.15, -0.1) is 0 Å². The molecule has 3 N–H and O–H groups in total. The third-order valence-electron chi connectivity index (χ3n) is 13.4. The first kappa shape index (κ1) is 66.7. The molecule has 8 nitrogen and oxygen atoms in total. The minimum absolute atomic E-state index is 0.0625. The van der Waals surface area contributed by atoms with Crippen molar-refractivity contribution in [2.45, 2.75) is 296 Å². The predicted molar refractivity (Wildman–Crippen MR) is 295 cm³/mol. The maximum atomic E-state index is 12.9. The second-order valence-electron chi connectivity index (χ2n) is 21.4. The van der Waals surface area contributed by atoms with Crippen molar-refractivity contribution >= 4 is 13.7 Å². The Morgan fingerprint density at radius 1 is 0.500 bits per heavy atom. The number of amides is 1. The molecule has 68 heavy (non-hydrogen) atoms. The topological polar surface area (TPSA) is 105 Å². The summed E-state index contributed by atoms with van der Waals surface area (Å²) in [6.45, 7) is 4.82. The molecule has 0 saturated carbocycles. The van der Waals surface area contributed by atoms with Gasteiger partial charge in [-0.2, -0.15) is 0 Å². The molecule has 0 rings (SSSR count). The number of unbranched alkanes of at least 4 members (excludes halogenated alkanes) is 37. The fourth-order valence-electron chi connectivity index (χ4n) is 8.72. The van der Waals surface area contributed by atoms with Gasteiger partial charge < -0.3 is 19.8 Å². The molecule has 9 heteroatoms. The third-order valence-corrected chi connectivity index (χ3v) is 14.3. The van der Waals surface area contributed by atoms with Crippen molar-refractivity contribution in [2.24, 2.45) is 0 Å². The molecule has 0 aliphatic carbocycles. The first-order valence-electron chi connectivity index (χ1n) is 29.4. The molecular formula is C59H116N2O6P+. The summed E-state index contributed by atoms with van der Waals surface area (Å²) in [5.41, 5.74) is 0. The summed E-state index contributed by atoms with van der Waals surface area (Å²) in [4.78, 5) is 23.2. The number of aliphatic hydroxyl groups excluding tert-OH is 1. The lowest BCUT2D eigenvalue weighted by molar-refractivity contribution is -0.870. The van der Waals surface area contributed by atoms with Gasteiger partial charge in [0.15, 0.2) is 0 Å². The third kappa shape index (κ3) is 52.5. The van der Waals surface area contributed by atoms with Crippen LogP contribution in [-0.2, 0) is 18.4 Å². The van der Waals surface area contributed by atoms with Gasteiger partial charge in [0.05, 0.1) is 39.9 Å². The maximum Gasteiger partial charge on any atom is 0.472 e. The van der Waals surface area contributed by atoms with Crippen LogP contribution in [0.15, 0.2) is 36.5 Å². The Kier molecular flexibility index (Phi) is 49.7. The van der Waals surface area contributed by atoms with Crippen LogP contribution in [0.1, 0.15) is 284 Å². The second-order valence-corrected chi connectivity index (χ2v) is 22.8. The van der Waals surface area contributed by atoms with Crippen molar-refractivity contribution in [1.29, 1.82) is 0 Å². The van der Waals surface area contributed by atoms with Crippen molar-refractivity contribution in [1.82, 2.24) is 5.32 Å². The van der Waals surface area contributed by atoms with Crippen LogP contribution in [0.4, 0.5) is 0 Å². The number of allylic oxidation sites excluding steroid dienone is 5. The van der Waals surface area contributed by atoms with E-state index < -0.39 is 20.0 Å². The van der Waals surface area contributed by atoms with Crippen LogP contribution in [0.5, 0.6) is 0 Å². The Balaban J connectivity index is 3.93. The van der Waals surface area contributed by atoms with Gasteiger partial charge in [0.25, 0.3) is 0 Å². The fraction of sp³-hybridized carbons (Fsp3) is 0.881. The van der Waals surface area contributed by atoms with Crippen LogP contribution in [-0.4, -0.2) is 73.4 Å². The average molecular weight is 981 g/mol. The minimum Gasteiger partial charge on any atom is -0.387 e. The Hall–Kier alpha value is -1.28. The molecule has 0 aromatic heterocycles. The summed E-state index contributed by atoms with van der Waals surface area (Å²) in [6, 6.07) is -0.844. The number of carbonyl (C=O) groups excluding carboxylic acids is 1. The van der Waals surface area contributed by atoms with E-state index in [1.807, 2.05) is 27.2 Å². The molecule has 0 aliphatic heterocycles. The van der Waals surface area contributed by atoms with Crippen molar-refractivity contribution < 1.29 is 32.9 Å². The number of phosphoric ester groups is 1. The van der Waals surface area contributed by atoms with Gasteiger partial charge in [-0.3, -0.25) is 13.8 Å². The number of hydrogen-bond donors (Lipinski definition) is 3. The van der Waals surface area contributed by atoms with E-state index in [2.05, 4.69) is 43.5 Å². The first-order chi connectivity index (χ1) is 33.0. The number of aliphatic hydroxyl groups is 1. The van der Waals surface area contributed by atoms with E-state index in [0.29, 0.717) is 17.4 Å². The summed E-state index contributed by atoms with van der Waals surface area (Å²) in [5.74, 6) is -0.175. The summed E-state index contributed by atoms with van der Waals surface area (Å²) in [5, 5.41) is 13.9. The smallest absolute Gasteiger partial charge is 0.387 e. The van der Waals surface area contributed by atoms with Crippen LogP contribution in [0.2, 0.25) is 0 Å². The number of nitrogens with one attached hydrogen (secondary N) is 1. The van der Waals surface area contributed by atoms with Crippen LogP contribution in [0.3, 0.4) is 0 Å². The second kappa shape index (κ2) is 50.7. The van der Waals surface area contributed by atoms with Crippen molar-refractivity contribution in [3.8, 4) is 0 Å². The van der Waals surface area contributed by atoms with Crippen molar-refractivity contribution in [3.05, 3.63) is 36.5 Å². The predicted octanol–water partition coefficient (Wildman–Crippen LogP) is 17.8. The van der Waals surface area contributed by atoms with Crippen LogP contribution >= 0.6 is 7.82 Å². The molecule has 0 aromatic carbocycles. The molecule has 3 atom stereocenters.